The lowest BCUT2D eigenvalue weighted by molar-refractivity contribution is -0.137. The Labute approximate surface area is 170 Å². The molecule has 2 aromatic carbocycles. The monoisotopic (exact) mass is 416 g/mol. The van der Waals surface area contributed by atoms with Gasteiger partial charge in [0.05, 0.1) is 24.5 Å². The Morgan fingerprint density at radius 1 is 1.07 bits per heavy atom. The highest BCUT2D eigenvalue weighted by Crippen LogP contribution is 2.38. The quantitative estimate of drug-likeness (QED) is 0.699. The van der Waals surface area contributed by atoms with E-state index in [1.165, 1.54) is 12.1 Å². The lowest BCUT2D eigenvalue weighted by Crippen LogP contribution is -2.37. The van der Waals surface area contributed by atoms with Crippen LogP contribution in [0, 0.1) is 0 Å². The second-order valence-electron chi connectivity index (χ2n) is 6.78. The third kappa shape index (κ3) is 4.30. The average molecular weight is 416 g/mol. The molecule has 0 atom stereocenters. The Bertz CT molecular complexity index is 1030. The third-order valence-corrected chi connectivity index (χ3v) is 4.79. The maximum absolute atomic E-state index is 13.7. The van der Waals surface area contributed by atoms with E-state index in [1.54, 1.807) is 52.3 Å². The van der Waals surface area contributed by atoms with E-state index in [9.17, 15) is 18.0 Å². The van der Waals surface area contributed by atoms with Crippen LogP contribution in [-0.2, 0) is 10.9 Å². The van der Waals surface area contributed by atoms with Crippen LogP contribution in [-0.4, -0.2) is 42.0 Å². The number of nitrogens with zero attached hydrogens (tertiary/aromatic N) is 3. The SMILES string of the molecule is O=C(Nc1ccc(N2CCOCC2)c(C(F)(F)F)c1)c1cccc(-n2cccn2)c1. The van der Waals surface area contributed by atoms with Gasteiger partial charge in [-0.2, -0.15) is 18.3 Å². The van der Waals surface area contributed by atoms with Crippen molar-refractivity contribution < 1.29 is 22.7 Å². The van der Waals surface area contributed by atoms with Gasteiger partial charge in [-0.25, -0.2) is 4.68 Å². The number of aromatic nitrogens is 2. The molecule has 9 heteroatoms. The van der Waals surface area contributed by atoms with E-state index in [1.807, 2.05) is 0 Å². The molecule has 0 saturated carbocycles. The lowest BCUT2D eigenvalue weighted by Gasteiger charge is -2.31. The van der Waals surface area contributed by atoms with Gasteiger partial charge in [0.15, 0.2) is 0 Å². The van der Waals surface area contributed by atoms with Gasteiger partial charge < -0.3 is 15.0 Å². The van der Waals surface area contributed by atoms with Crippen LogP contribution in [0.15, 0.2) is 60.9 Å². The van der Waals surface area contributed by atoms with Crippen molar-refractivity contribution in [2.75, 3.05) is 36.5 Å². The lowest BCUT2D eigenvalue weighted by atomic mass is 10.1. The molecule has 1 amide bonds. The van der Waals surface area contributed by atoms with Crippen LogP contribution >= 0.6 is 0 Å². The number of hydrogen-bond acceptors (Lipinski definition) is 4. The zero-order valence-electron chi connectivity index (χ0n) is 15.9. The van der Waals surface area contributed by atoms with Crippen LogP contribution in [0.5, 0.6) is 0 Å². The summed E-state index contributed by atoms with van der Waals surface area (Å²) in [4.78, 5) is 14.3. The Hall–Kier alpha value is -3.33. The molecule has 0 bridgehead atoms. The second-order valence-corrected chi connectivity index (χ2v) is 6.78. The number of hydrogen-bond donors (Lipinski definition) is 1. The minimum atomic E-state index is -4.55. The van der Waals surface area contributed by atoms with E-state index < -0.39 is 17.6 Å². The minimum absolute atomic E-state index is 0.0776. The number of alkyl halides is 3. The van der Waals surface area contributed by atoms with Crippen molar-refractivity contribution in [3.8, 4) is 5.69 Å². The van der Waals surface area contributed by atoms with E-state index in [0.717, 1.165) is 6.07 Å². The zero-order valence-corrected chi connectivity index (χ0v) is 15.9. The number of ether oxygens (including phenoxy) is 1. The van der Waals surface area contributed by atoms with E-state index in [2.05, 4.69) is 10.4 Å². The summed E-state index contributed by atoms with van der Waals surface area (Å²) in [7, 11) is 0. The van der Waals surface area contributed by atoms with Crippen LogP contribution in [0.25, 0.3) is 5.69 Å². The van der Waals surface area contributed by atoms with Crippen molar-refractivity contribution in [2.45, 2.75) is 6.18 Å². The minimum Gasteiger partial charge on any atom is -0.378 e. The molecular formula is C21H19F3N4O2. The summed E-state index contributed by atoms with van der Waals surface area (Å²) >= 11 is 0. The molecule has 4 rings (SSSR count). The Morgan fingerprint density at radius 2 is 1.87 bits per heavy atom. The van der Waals surface area contributed by atoms with Gasteiger partial charge in [0.2, 0.25) is 0 Å². The van der Waals surface area contributed by atoms with Gasteiger partial charge in [-0.05, 0) is 42.5 Å². The van der Waals surface area contributed by atoms with Crippen LogP contribution in [0.1, 0.15) is 15.9 Å². The normalized spacial score (nSPS) is 14.6. The Morgan fingerprint density at radius 3 is 2.57 bits per heavy atom. The number of amides is 1. The highest BCUT2D eigenvalue weighted by molar-refractivity contribution is 6.04. The molecule has 1 aromatic heterocycles. The summed E-state index contributed by atoms with van der Waals surface area (Å²) in [6, 6.07) is 12.3. The van der Waals surface area contributed by atoms with Crippen molar-refractivity contribution in [2.24, 2.45) is 0 Å². The van der Waals surface area contributed by atoms with Crippen LogP contribution < -0.4 is 10.2 Å². The molecule has 0 radical (unpaired) electrons. The number of halogens is 3. The number of morpholine rings is 1. The molecule has 0 unspecified atom stereocenters. The molecular weight excluding hydrogens is 397 g/mol. The van der Waals surface area contributed by atoms with E-state index in [-0.39, 0.29) is 11.4 Å². The molecule has 1 saturated heterocycles. The molecule has 1 aliphatic heterocycles. The van der Waals surface area contributed by atoms with Crippen LogP contribution in [0.2, 0.25) is 0 Å². The molecule has 0 aliphatic carbocycles. The van der Waals surface area contributed by atoms with Crippen molar-refractivity contribution in [3.05, 3.63) is 72.1 Å². The summed E-state index contributed by atoms with van der Waals surface area (Å²) in [5.41, 5.74) is 0.367. The molecule has 2 heterocycles. The van der Waals surface area contributed by atoms with Gasteiger partial charge in [-0.1, -0.05) is 6.07 Å². The molecule has 1 fully saturated rings. The summed E-state index contributed by atoms with van der Waals surface area (Å²) in [5, 5.41) is 6.67. The molecule has 1 aliphatic rings. The standard InChI is InChI=1S/C21H19F3N4O2/c22-21(23,24)18-14-16(5-6-19(18)27-9-11-30-12-10-27)26-20(29)15-3-1-4-17(13-15)28-8-2-7-25-28/h1-8,13-14H,9-12H2,(H,26,29). The van der Waals surface area contributed by atoms with Crippen molar-refractivity contribution in [1.29, 1.82) is 0 Å². The number of carbonyl (C=O) groups is 1. The predicted octanol–water partition coefficient (Wildman–Crippen LogP) is 3.98. The first-order valence-corrected chi connectivity index (χ1v) is 9.37. The maximum atomic E-state index is 13.7. The first-order chi connectivity index (χ1) is 14.4. The maximum Gasteiger partial charge on any atom is 0.418 e. The summed E-state index contributed by atoms with van der Waals surface area (Å²) in [6.45, 7) is 1.52. The molecule has 1 N–H and O–H groups in total. The largest absolute Gasteiger partial charge is 0.418 e. The highest BCUT2D eigenvalue weighted by atomic mass is 19.4. The third-order valence-electron chi connectivity index (χ3n) is 4.79. The highest BCUT2D eigenvalue weighted by Gasteiger charge is 2.35. The summed E-state index contributed by atoms with van der Waals surface area (Å²) in [5.74, 6) is -0.503. The fourth-order valence-corrected chi connectivity index (χ4v) is 3.34. The van der Waals surface area contributed by atoms with Gasteiger partial charge in [0.25, 0.3) is 5.91 Å². The molecule has 30 heavy (non-hydrogen) atoms. The molecule has 3 aromatic rings. The Kier molecular flexibility index (Phi) is 5.45. The topological polar surface area (TPSA) is 59.4 Å². The van der Waals surface area contributed by atoms with Crippen molar-refractivity contribution in [3.63, 3.8) is 0 Å². The van der Waals surface area contributed by atoms with Gasteiger partial charge in [0.1, 0.15) is 0 Å². The predicted molar refractivity (Wildman–Crippen MR) is 106 cm³/mol. The Balaban J connectivity index is 1.58. The number of carbonyl (C=O) groups excluding carboxylic acids is 1. The number of rotatable bonds is 4. The van der Waals surface area contributed by atoms with Gasteiger partial charge >= 0.3 is 6.18 Å². The van der Waals surface area contributed by atoms with Crippen molar-refractivity contribution in [1.82, 2.24) is 9.78 Å². The molecule has 156 valence electrons. The van der Waals surface area contributed by atoms with Gasteiger partial charge in [0, 0.05) is 42.4 Å². The van der Waals surface area contributed by atoms with E-state index in [4.69, 9.17) is 4.74 Å². The zero-order chi connectivity index (χ0) is 21.1. The summed E-state index contributed by atoms with van der Waals surface area (Å²) < 4.78 is 47.8. The average Bonchev–Trinajstić information content (AvgIpc) is 3.29. The van der Waals surface area contributed by atoms with E-state index in [0.29, 0.717) is 37.6 Å². The number of anilines is 2. The second kappa shape index (κ2) is 8.19. The first-order valence-electron chi connectivity index (χ1n) is 9.37. The fourth-order valence-electron chi connectivity index (χ4n) is 3.34. The van der Waals surface area contributed by atoms with Gasteiger partial charge in [-0.15, -0.1) is 0 Å². The van der Waals surface area contributed by atoms with E-state index >= 15 is 0 Å². The van der Waals surface area contributed by atoms with Gasteiger partial charge in [-0.3, -0.25) is 4.79 Å². The smallest absolute Gasteiger partial charge is 0.378 e. The van der Waals surface area contributed by atoms with Crippen molar-refractivity contribution >= 4 is 17.3 Å². The van der Waals surface area contributed by atoms with Crippen LogP contribution in [0.4, 0.5) is 24.5 Å². The fraction of sp³-hybridized carbons (Fsp3) is 0.238. The summed E-state index contributed by atoms with van der Waals surface area (Å²) in [6.07, 6.45) is -1.20. The molecule has 0 spiro atoms. The number of benzene rings is 2. The number of nitrogens with one attached hydrogen (secondary N) is 1. The van der Waals surface area contributed by atoms with Crippen LogP contribution in [0.3, 0.4) is 0 Å². The molecule has 6 nitrogen and oxygen atoms in total. The first kappa shape index (κ1) is 20.0.